The quantitative estimate of drug-likeness (QED) is 0.369. The summed E-state index contributed by atoms with van der Waals surface area (Å²) in [7, 11) is 4.74. The Morgan fingerprint density at radius 1 is 0.966 bits per heavy atom. The molecule has 0 aliphatic heterocycles. The fourth-order valence-electron chi connectivity index (χ4n) is 3.44. The molecule has 0 amide bonds. The lowest BCUT2D eigenvalue weighted by Gasteiger charge is -2.13. The predicted molar refractivity (Wildman–Crippen MR) is 111 cm³/mol. The van der Waals surface area contributed by atoms with Crippen molar-refractivity contribution < 1.29 is 23.0 Å². The number of hydrogen-bond acceptors (Lipinski definition) is 7. The lowest BCUT2D eigenvalue weighted by molar-refractivity contribution is 0.210. The highest BCUT2D eigenvalue weighted by Gasteiger charge is 2.25. The number of ether oxygens (including phenoxy) is 3. The number of para-hydroxylation sites is 2. The maximum absolute atomic E-state index is 12.9. The van der Waals surface area contributed by atoms with Crippen LogP contribution in [0.15, 0.2) is 56.1 Å². The summed E-state index contributed by atoms with van der Waals surface area (Å²) in [6.45, 7) is 0.972. The number of methoxy groups -OCH3 is 3. The first-order chi connectivity index (χ1) is 14.2. The average Bonchev–Trinajstić information content (AvgIpc) is 3.13. The lowest BCUT2D eigenvalue weighted by Crippen LogP contribution is -2.08. The molecule has 0 fully saturated rings. The maximum Gasteiger partial charge on any atom is 0.348 e. The summed E-state index contributed by atoms with van der Waals surface area (Å²) in [4.78, 5) is 12.9. The summed E-state index contributed by atoms with van der Waals surface area (Å²) >= 11 is 0. The van der Waals surface area contributed by atoms with Crippen molar-refractivity contribution in [3.05, 3.63) is 52.9 Å². The highest BCUT2D eigenvalue weighted by Crippen LogP contribution is 2.46. The van der Waals surface area contributed by atoms with E-state index in [-0.39, 0.29) is 0 Å². The third-order valence-electron chi connectivity index (χ3n) is 4.71. The number of hydrogen-bond donors (Lipinski definition) is 1. The summed E-state index contributed by atoms with van der Waals surface area (Å²) in [5.41, 5.74) is 1.66. The third-order valence-corrected chi connectivity index (χ3v) is 4.71. The fourth-order valence-corrected chi connectivity index (χ4v) is 3.44. The van der Waals surface area contributed by atoms with E-state index in [2.05, 4.69) is 5.32 Å². The summed E-state index contributed by atoms with van der Waals surface area (Å²) in [5, 5.41) is 4.27. The molecule has 4 aromatic rings. The van der Waals surface area contributed by atoms with Gasteiger partial charge in [-0.3, -0.25) is 0 Å². The third kappa shape index (κ3) is 3.19. The molecule has 2 aromatic carbocycles. The molecule has 29 heavy (non-hydrogen) atoms. The average molecular weight is 395 g/mol. The van der Waals surface area contributed by atoms with Crippen molar-refractivity contribution in [2.75, 3.05) is 39.8 Å². The number of nitrogens with one attached hydrogen (secondary N) is 1. The molecule has 2 heterocycles. The molecule has 0 spiro atoms. The minimum Gasteiger partial charge on any atom is -0.493 e. The second-order valence-electron chi connectivity index (χ2n) is 6.36. The predicted octanol–water partition coefficient (Wildman–Crippen LogP) is 4.28. The van der Waals surface area contributed by atoms with Crippen LogP contribution in [0.5, 0.6) is 11.5 Å². The lowest BCUT2D eigenvalue weighted by atomic mass is 10.0. The van der Waals surface area contributed by atoms with Crippen molar-refractivity contribution >= 4 is 27.8 Å². The van der Waals surface area contributed by atoms with Crippen LogP contribution in [-0.2, 0) is 4.74 Å². The topological polar surface area (TPSA) is 83.1 Å². The molecule has 0 aliphatic carbocycles. The molecular formula is C22H21NO6. The summed E-state index contributed by atoms with van der Waals surface area (Å²) < 4.78 is 27.9. The Labute approximate surface area is 166 Å². The Hall–Kier alpha value is -3.45. The van der Waals surface area contributed by atoms with Gasteiger partial charge >= 0.3 is 5.63 Å². The van der Waals surface area contributed by atoms with Gasteiger partial charge in [0.05, 0.1) is 31.8 Å². The van der Waals surface area contributed by atoms with Crippen molar-refractivity contribution in [2.45, 2.75) is 0 Å². The second-order valence-corrected chi connectivity index (χ2v) is 6.36. The molecule has 0 aliphatic rings. The molecule has 0 unspecified atom stereocenters. The van der Waals surface area contributed by atoms with Crippen molar-refractivity contribution in [3.8, 4) is 22.6 Å². The summed E-state index contributed by atoms with van der Waals surface area (Å²) in [6, 6.07) is 12.7. The zero-order valence-electron chi connectivity index (χ0n) is 16.4. The van der Waals surface area contributed by atoms with Crippen molar-refractivity contribution in [3.63, 3.8) is 0 Å². The Morgan fingerprint density at radius 3 is 2.55 bits per heavy atom. The van der Waals surface area contributed by atoms with Crippen LogP contribution < -0.4 is 20.4 Å². The van der Waals surface area contributed by atoms with Crippen LogP contribution in [0.1, 0.15) is 0 Å². The molecule has 0 radical (unpaired) electrons. The summed E-state index contributed by atoms with van der Waals surface area (Å²) in [6.07, 6.45) is 0. The molecule has 150 valence electrons. The van der Waals surface area contributed by atoms with Crippen LogP contribution in [0.3, 0.4) is 0 Å². The van der Waals surface area contributed by atoms with Crippen molar-refractivity contribution in [2.24, 2.45) is 0 Å². The fraction of sp³-hybridized carbons (Fsp3) is 0.227. The number of anilines is 1. The Morgan fingerprint density at radius 2 is 1.79 bits per heavy atom. The van der Waals surface area contributed by atoms with E-state index in [1.807, 2.05) is 30.3 Å². The molecule has 7 heteroatoms. The number of fused-ring (bicyclic) bond motifs is 3. The molecule has 2 aromatic heterocycles. The van der Waals surface area contributed by atoms with E-state index in [4.69, 9.17) is 23.0 Å². The molecular weight excluding hydrogens is 374 g/mol. The van der Waals surface area contributed by atoms with E-state index < -0.39 is 5.63 Å². The van der Waals surface area contributed by atoms with Gasteiger partial charge < -0.3 is 28.4 Å². The van der Waals surface area contributed by atoms with Crippen LogP contribution in [0.2, 0.25) is 0 Å². The van der Waals surface area contributed by atoms with Crippen LogP contribution >= 0.6 is 0 Å². The molecule has 0 bridgehead atoms. The molecule has 0 saturated carbocycles. The molecule has 1 N–H and O–H groups in total. The number of rotatable bonds is 7. The van der Waals surface area contributed by atoms with E-state index in [1.165, 1.54) is 0 Å². The SMILES string of the molecule is COCCNc1oc2c(c1-c1cccc(OC)c1OC)c(=O)oc1ccccc12. The zero-order chi connectivity index (χ0) is 20.4. The van der Waals surface area contributed by atoms with Gasteiger partial charge in [-0.2, -0.15) is 0 Å². The van der Waals surface area contributed by atoms with Gasteiger partial charge in [-0.25, -0.2) is 4.79 Å². The Balaban J connectivity index is 2.07. The van der Waals surface area contributed by atoms with E-state index >= 15 is 0 Å². The minimum atomic E-state index is -0.484. The first kappa shape index (κ1) is 18.9. The van der Waals surface area contributed by atoms with E-state index in [1.54, 1.807) is 33.5 Å². The van der Waals surface area contributed by atoms with Crippen LogP contribution in [0.25, 0.3) is 33.1 Å². The first-order valence-corrected chi connectivity index (χ1v) is 9.12. The zero-order valence-corrected chi connectivity index (χ0v) is 16.4. The molecule has 4 rings (SSSR count). The smallest absolute Gasteiger partial charge is 0.348 e. The largest absolute Gasteiger partial charge is 0.493 e. The van der Waals surface area contributed by atoms with Crippen molar-refractivity contribution in [1.29, 1.82) is 0 Å². The van der Waals surface area contributed by atoms with Gasteiger partial charge in [0, 0.05) is 19.2 Å². The monoisotopic (exact) mass is 395 g/mol. The van der Waals surface area contributed by atoms with Gasteiger partial charge in [0.2, 0.25) is 5.88 Å². The van der Waals surface area contributed by atoms with Gasteiger partial charge in [-0.1, -0.05) is 24.3 Å². The van der Waals surface area contributed by atoms with E-state index in [9.17, 15) is 4.79 Å². The van der Waals surface area contributed by atoms with Gasteiger partial charge in [0.15, 0.2) is 17.1 Å². The van der Waals surface area contributed by atoms with Crippen LogP contribution in [0.4, 0.5) is 5.88 Å². The summed E-state index contributed by atoms with van der Waals surface area (Å²) in [5.74, 6) is 1.49. The van der Waals surface area contributed by atoms with Gasteiger partial charge in [0.1, 0.15) is 11.0 Å². The first-order valence-electron chi connectivity index (χ1n) is 9.12. The second kappa shape index (κ2) is 7.89. The van der Waals surface area contributed by atoms with Gasteiger partial charge in [0.25, 0.3) is 0 Å². The van der Waals surface area contributed by atoms with E-state index in [0.717, 1.165) is 0 Å². The molecule has 7 nitrogen and oxygen atoms in total. The highest BCUT2D eigenvalue weighted by molar-refractivity contribution is 6.10. The normalized spacial score (nSPS) is 11.1. The highest BCUT2D eigenvalue weighted by atomic mass is 16.5. The van der Waals surface area contributed by atoms with Crippen LogP contribution in [0, 0.1) is 0 Å². The Kier molecular flexibility index (Phi) is 5.14. The molecule has 0 atom stereocenters. The van der Waals surface area contributed by atoms with Crippen LogP contribution in [-0.4, -0.2) is 34.5 Å². The van der Waals surface area contributed by atoms with Crippen molar-refractivity contribution in [1.82, 2.24) is 0 Å². The van der Waals surface area contributed by atoms with E-state index in [0.29, 0.717) is 63.6 Å². The van der Waals surface area contributed by atoms with Gasteiger partial charge in [-0.15, -0.1) is 0 Å². The Bertz CT molecular complexity index is 1220. The minimum absolute atomic E-state index is 0.343. The standard InChI is InChI=1S/C22H21NO6/c1-25-12-11-23-21-17(14-8-6-10-16(26-2)19(14)27-3)18-20(29-21)13-7-4-5-9-15(13)28-22(18)24/h4-10,23H,11-12H2,1-3H3. The van der Waals surface area contributed by atoms with Gasteiger partial charge in [-0.05, 0) is 18.2 Å². The maximum atomic E-state index is 12.9. The molecule has 0 saturated heterocycles. The number of benzene rings is 2. The number of furan rings is 1.